The molecule has 0 fully saturated rings. The van der Waals surface area contributed by atoms with E-state index in [4.69, 9.17) is 23.2 Å². The summed E-state index contributed by atoms with van der Waals surface area (Å²) in [6, 6.07) is 13.0. The van der Waals surface area contributed by atoms with Crippen molar-refractivity contribution in [1.82, 2.24) is 0 Å². The third kappa shape index (κ3) is 3.49. The van der Waals surface area contributed by atoms with Crippen LogP contribution in [-0.4, -0.2) is 11.3 Å². The Labute approximate surface area is 122 Å². The fraction of sp³-hybridized carbons (Fsp3) is 0.133. The standard InChI is InChI=1S/C15H13Cl2NO/c1-10(11-5-3-2-4-6-11)18-9-12-7-13(16)8-14(17)15(12)19/h2-10,19H,1H3. The van der Waals surface area contributed by atoms with Crippen molar-refractivity contribution in [1.29, 1.82) is 0 Å². The van der Waals surface area contributed by atoms with Gasteiger partial charge in [-0.1, -0.05) is 53.5 Å². The highest BCUT2D eigenvalue weighted by Crippen LogP contribution is 2.30. The van der Waals surface area contributed by atoms with Gasteiger partial charge in [0.1, 0.15) is 5.75 Å². The lowest BCUT2D eigenvalue weighted by Gasteiger charge is -2.07. The van der Waals surface area contributed by atoms with Crippen LogP contribution >= 0.6 is 23.2 Å². The summed E-state index contributed by atoms with van der Waals surface area (Å²) >= 11 is 11.8. The Kier molecular flexibility index (Phi) is 4.46. The second-order valence-electron chi connectivity index (χ2n) is 4.19. The smallest absolute Gasteiger partial charge is 0.143 e. The molecular formula is C15H13Cl2NO. The Morgan fingerprint density at radius 1 is 1.16 bits per heavy atom. The first-order valence-electron chi connectivity index (χ1n) is 5.84. The van der Waals surface area contributed by atoms with Crippen LogP contribution in [0.3, 0.4) is 0 Å². The molecule has 0 aliphatic carbocycles. The average Bonchev–Trinajstić information content (AvgIpc) is 2.41. The van der Waals surface area contributed by atoms with E-state index >= 15 is 0 Å². The molecule has 0 amide bonds. The molecule has 0 saturated heterocycles. The lowest BCUT2D eigenvalue weighted by atomic mass is 10.1. The Bertz CT molecular complexity index is 597. The molecule has 0 saturated carbocycles. The number of nitrogens with zero attached hydrogens (tertiary/aromatic N) is 1. The minimum absolute atomic E-state index is 0.00152. The molecule has 19 heavy (non-hydrogen) atoms. The number of rotatable bonds is 3. The summed E-state index contributed by atoms with van der Waals surface area (Å²) in [6.07, 6.45) is 1.59. The molecule has 2 aromatic carbocycles. The average molecular weight is 294 g/mol. The number of phenolic OH excluding ortho intramolecular Hbond substituents is 1. The molecule has 2 nitrogen and oxygen atoms in total. The molecule has 2 rings (SSSR count). The van der Waals surface area contributed by atoms with Gasteiger partial charge >= 0.3 is 0 Å². The van der Waals surface area contributed by atoms with Crippen molar-refractivity contribution >= 4 is 29.4 Å². The van der Waals surface area contributed by atoms with E-state index in [9.17, 15) is 5.11 Å². The van der Waals surface area contributed by atoms with Crippen molar-refractivity contribution in [3.63, 3.8) is 0 Å². The summed E-state index contributed by atoms with van der Waals surface area (Å²) in [5.41, 5.74) is 1.62. The number of benzene rings is 2. The highest BCUT2D eigenvalue weighted by atomic mass is 35.5. The summed E-state index contributed by atoms with van der Waals surface area (Å²) in [4.78, 5) is 4.41. The Hall–Kier alpha value is -1.51. The van der Waals surface area contributed by atoms with Crippen molar-refractivity contribution in [2.24, 2.45) is 4.99 Å². The third-order valence-electron chi connectivity index (χ3n) is 2.78. The Morgan fingerprint density at radius 3 is 2.53 bits per heavy atom. The maximum absolute atomic E-state index is 9.82. The molecule has 1 atom stereocenters. The number of hydrogen-bond acceptors (Lipinski definition) is 2. The highest BCUT2D eigenvalue weighted by molar-refractivity contribution is 6.36. The lowest BCUT2D eigenvalue weighted by Crippen LogP contribution is -1.91. The molecular weight excluding hydrogens is 281 g/mol. The van der Waals surface area contributed by atoms with Crippen molar-refractivity contribution in [2.75, 3.05) is 0 Å². The van der Waals surface area contributed by atoms with Crippen LogP contribution < -0.4 is 0 Å². The number of phenols is 1. The van der Waals surface area contributed by atoms with E-state index < -0.39 is 0 Å². The molecule has 0 aliphatic heterocycles. The molecule has 1 N–H and O–H groups in total. The minimum atomic E-state index is -0.00456. The summed E-state index contributed by atoms with van der Waals surface area (Å²) < 4.78 is 0. The van der Waals surface area contributed by atoms with Gasteiger partial charge in [0.25, 0.3) is 0 Å². The largest absolute Gasteiger partial charge is 0.506 e. The first kappa shape index (κ1) is 13.9. The third-order valence-corrected chi connectivity index (χ3v) is 3.28. The van der Waals surface area contributed by atoms with E-state index in [0.29, 0.717) is 10.6 Å². The Morgan fingerprint density at radius 2 is 1.84 bits per heavy atom. The first-order chi connectivity index (χ1) is 9.08. The summed E-state index contributed by atoms with van der Waals surface area (Å²) in [6.45, 7) is 1.98. The van der Waals surface area contributed by atoms with Gasteiger partial charge in [-0.05, 0) is 24.6 Å². The van der Waals surface area contributed by atoms with Gasteiger partial charge in [-0.3, -0.25) is 4.99 Å². The predicted molar refractivity (Wildman–Crippen MR) is 80.6 cm³/mol. The second kappa shape index (κ2) is 6.09. The van der Waals surface area contributed by atoms with Crippen molar-refractivity contribution < 1.29 is 5.11 Å². The zero-order valence-corrected chi connectivity index (χ0v) is 11.9. The van der Waals surface area contributed by atoms with Crippen molar-refractivity contribution in [2.45, 2.75) is 13.0 Å². The SMILES string of the molecule is CC(N=Cc1cc(Cl)cc(Cl)c1O)c1ccccc1. The zero-order chi connectivity index (χ0) is 13.8. The van der Waals surface area contributed by atoms with Crippen LogP contribution in [0.1, 0.15) is 24.1 Å². The maximum Gasteiger partial charge on any atom is 0.143 e. The van der Waals surface area contributed by atoms with E-state index in [1.165, 1.54) is 6.07 Å². The van der Waals surface area contributed by atoms with Gasteiger partial charge in [-0.2, -0.15) is 0 Å². The van der Waals surface area contributed by atoms with E-state index in [2.05, 4.69) is 4.99 Å². The van der Waals surface area contributed by atoms with Gasteiger partial charge in [0.15, 0.2) is 0 Å². The second-order valence-corrected chi connectivity index (χ2v) is 5.03. The summed E-state index contributed by atoms with van der Waals surface area (Å²) in [5.74, 6) is -0.00456. The Balaban J connectivity index is 2.24. The topological polar surface area (TPSA) is 32.6 Å². The lowest BCUT2D eigenvalue weighted by molar-refractivity contribution is 0.474. The molecule has 0 aliphatic rings. The normalized spacial score (nSPS) is 12.8. The molecule has 2 aromatic rings. The molecule has 0 bridgehead atoms. The quantitative estimate of drug-likeness (QED) is 0.804. The van der Waals surface area contributed by atoms with Crippen LogP contribution in [0.4, 0.5) is 0 Å². The van der Waals surface area contributed by atoms with Gasteiger partial charge in [0.2, 0.25) is 0 Å². The monoisotopic (exact) mass is 293 g/mol. The van der Waals surface area contributed by atoms with Crippen LogP contribution in [0.25, 0.3) is 0 Å². The molecule has 0 spiro atoms. The van der Waals surface area contributed by atoms with E-state index in [1.807, 2.05) is 37.3 Å². The number of hydrogen-bond donors (Lipinski definition) is 1. The van der Waals surface area contributed by atoms with Crippen molar-refractivity contribution in [3.8, 4) is 5.75 Å². The maximum atomic E-state index is 9.82. The van der Waals surface area contributed by atoms with Gasteiger partial charge < -0.3 is 5.11 Å². The molecule has 1 unspecified atom stereocenters. The van der Waals surface area contributed by atoms with E-state index in [0.717, 1.165) is 5.56 Å². The van der Waals surface area contributed by atoms with Crippen LogP contribution in [0.5, 0.6) is 5.75 Å². The van der Waals surface area contributed by atoms with Gasteiger partial charge in [0.05, 0.1) is 11.1 Å². The number of aromatic hydroxyl groups is 1. The van der Waals surface area contributed by atoms with Crippen LogP contribution in [0.2, 0.25) is 10.0 Å². The van der Waals surface area contributed by atoms with Crippen LogP contribution in [-0.2, 0) is 0 Å². The van der Waals surface area contributed by atoms with Crippen LogP contribution in [0, 0.1) is 0 Å². The van der Waals surface area contributed by atoms with E-state index in [-0.39, 0.29) is 16.8 Å². The molecule has 0 aromatic heterocycles. The van der Waals surface area contributed by atoms with Crippen LogP contribution in [0.15, 0.2) is 47.5 Å². The fourth-order valence-corrected chi connectivity index (χ4v) is 2.20. The van der Waals surface area contributed by atoms with Gasteiger partial charge in [-0.15, -0.1) is 0 Å². The predicted octanol–water partition coefficient (Wildman–Crippen LogP) is 4.88. The summed E-state index contributed by atoms with van der Waals surface area (Å²) in [5, 5.41) is 10.5. The van der Waals surface area contributed by atoms with E-state index in [1.54, 1.807) is 12.3 Å². The first-order valence-corrected chi connectivity index (χ1v) is 6.59. The number of aliphatic imine (C=N–C) groups is 1. The molecule has 4 heteroatoms. The molecule has 98 valence electrons. The highest BCUT2D eigenvalue weighted by Gasteiger charge is 2.07. The van der Waals surface area contributed by atoms with Gasteiger partial charge in [0, 0.05) is 16.8 Å². The fourth-order valence-electron chi connectivity index (χ4n) is 1.69. The zero-order valence-electron chi connectivity index (χ0n) is 10.3. The minimum Gasteiger partial charge on any atom is -0.506 e. The summed E-state index contributed by atoms with van der Waals surface area (Å²) in [7, 11) is 0. The molecule has 0 radical (unpaired) electrons. The van der Waals surface area contributed by atoms with Gasteiger partial charge in [-0.25, -0.2) is 0 Å². The molecule has 0 heterocycles. The number of halogens is 2. The van der Waals surface area contributed by atoms with Crippen molar-refractivity contribution in [3.05, 3.63) is 63.6 Å².